The second-order valence-corrected chi connectivity index (χ2v) is 12.4. The summed E-state index contributed by atoms with van der Waals surface area (Å²) >= 11 is 0. The number of benzene rings is 3. The van der Waals surface area contributed by atoms with E-state index in [-0.39, 0.29) is 5.91 Å². The summed E-state index contributed by atoms with van der Waals surface area (Å²) in [6.07, 6.45) is 5.45. The predicted octanol–water partition coefficient (Wildman–Crippen LogP) is 3.19. The number of carbonyl (C=O) groups is 1. The highest BCUT2D eigenvalue weighted by Gasteiger charge is 2.22. The Morgan fingerprint density at radius 2 is 1.55 bits per heavy atom. The standard InChI is InChI=1S/C36H41N7O/c1-40-15-19-42(20-16-40)25-26-7-11-30(12-8-26)37-36(44)29-9-13-32-33(24-29)39-35(38-32)31-23-28-6-4-3-5-27(28)10-14-34(31)43-21-17-41(2)18-22-43/h3-13,23-24H,14-22,25H2,1-2H3,(H,37,44)(H,38,39). The molecule has 2 fully saturated rings. The van der Waals surface area contributed by atoms with Crippen LogP contribution in [0.25, 0.3) is 28.8 Å². The molecule has 2 aliphatic heterocycles. The summed E-state index contributed by atoms with van der Waals surface area (Å²) in [6.45, 7) is 9.41. The number of nitrogens with zero attached hydrogens (tertiary/aromatic N) is 5. The van der Waals surface area contributed by atoms with Crippen molar-refractivity contribution < 1.29 is 4.79 Å². The van der Waals surface area contributed by atoms with E-state index < -0.39 is 0 Å². The number of H-pyrrole nitrogens is 1. The number of aromatic nitrogens is 2. The number of carbonyl (C=O) groups excluding carboxylic acids is 1. The van der Waals surface area contributed by atoms with Crippen molar-refractivity contribution in [2.45, 2.75) is 13.0 Å². The van der Waals surface area contributed by atoms with Gasteiger partial charge >= 0.3 is 0 Å². The molecule has 4 aromatic rings. The van der Waals surface area contributed by atoms with E-state index in [9.17, 15) is 4.79 Å². The SMILES string of the molecule is CN1CCN(Cc2ccc(NC(=O)c3ccc4nc(C5=C(N6CCN(C)CC6)CC=c6ccccc6=C5)[nH]c4c3)cc2)CC1. The zero-order valence-corrected chi connectivity index (χ0v) is 25.7. The molecule has 2 N–H and O–H groups in total. The van der Waals surface area contributed by atoms with Gasteiger partial charge in [-0.25, -0.2) is 4.98 Å². The van der Waals surface area contributed by atoms with E-state index in [4.69, 9.17) is 4.98 Å². The van der Waals surface area contributed by atoms with Crippen LogP contribution in [-0.4, -0.2) is 102 Å². The summed E-state index contributed by atoms with van der Waals surface area (Å²) in [4.78, 5) is 31.6. The highest BCUT2D eigenvalue weighted by Crippen LogP contribution is 2.28. The monoisotopic (exact) mass is 587 g/mol. The lowest BCUT2D eigenvalue weighted by Crippen LogP contribution is -2.44. The maximum atomic E-state index is 13.3. The molecule has 0 atom stereocenters. The first-order valence-electron chi connectivity index (χ1n) is 15.7. The number of likely N-dealkylation sites (N-methyl/N-ethyl adjacent to an activating group) is 2. The van der Waals surface area contributed by atoms with Gasteiger partial charge in [0.2, 0.25) is 0 Å². The van der Waals surface area contributed by atoms with E-state index in [2.05, 4.69) is 92.5 Å². The Morgan fingerprint density at radius 1 is 0.841 bits per heavy atom. The summed E-state index contributed by atoms with van der Waals surface area (Å²) in [5.74, 6) is 0.712. The number of fused-ring (bicyclic) bond motifs is 2. The summed E-state index contributed by atoms with van der Waals surface area (Å²) in [5.41, 5.74) is 6.79. The summed E-state index contributed by atoms with van der Waals surface area (Å²) in [7, 11) is 4.36. The van der Waals surface area contributed by atoms with Gasteiger partial charge in [0.25, 0.3) is 5.91 Å². The number of rotatable bonds is 6. The fraction of sp³-hybridized carbons (Fsp3) is 0.333. The third kappa shape index (κ3) is 6.19. The molecule has 0 spiro atoms. The number of nitrogens with one attached hydrogen (secondary N) is 2. The third-order valence-corrected chi connectivity index (χ3v) is 9.22. The van der Waals surface area contributed by atoms with Crippen molar-refractivity contribution in [3.63, 3.8) is 0 Å². The molecule has 226 valence electrons. The van der Waals surface area contributed by atoms with Crippen molar-refractivity contribution in [2.24, 2.45) is 0 Å². The predicted molar refractivity (Wildman–Crippen MR) is 178 cm³/mol. The lowest BCUT2D eigenvalue weighted by atomic mass is 10.1. The molecule has 3 heterocycles. The number of imidazole rings is 1. The Kier molecular flexibility index (Phi) is 8.04. The number of hydrogen-bond donors (Lipinski definition) is 2. The normalized spacial score (nSPS) is 18.5. The van der Waals surface area contributed by atoms with Crippen molar-refractivity contribution in [3.05, 3.63) is 99.8 Å². The highest BCUT2D eigenvalue weighted by molar-refractivity contribution is 6.06. The molecule has 44 heavy (non-hydrogen) atoms. The number of amides is 1. The molecule has 1 amide bonds. The number of piperazine rings is 2. The van der Waals surface area contributed by atoms with Gasteiger partial charge in [-0.2, -0.15) is 0 Å². The second-order valence-electron chi connectivity index (χ2n) is 12.4. The first-order chi connectivity index (χ1) is 21.5. The van der Waals surface area contributed by atoms with Crippen molar-refractivity contribution in [1.29, 1.82) is 0 Å². The van der Waals surface area contributed by atoms with E-state index in [1.54, 1.807) is 0 Å². The van der Waals surface area contributed by atoms with Gasteiger partial charge in [0.1, 0.15) is 5.82 Å². The molecule has 3 aromatic carbocycles. The molecule has 0 radical (unpaired) electrons. The van der Waals surface area contributed by atoms with Crippen LogP contribution in [-0.2, 0) is 6.54 Å². The van der Waals surface area contributed by atoms with Gasteiger partial charge in [0, 0.05) is 87.8 Å². The van der Waals surface area contributed by atoms with Crippen LogP contribution in [0.4, 0.5) is 5.69 Å². The van der Waals surface area contributed by atoms with Crippen LogP contribution < -0.4 is 15.8 Å². The number of hydrogen-bond acceptors (Lipinski definition) is 6. The Bertz CT molecular complexity index is 1810. The Labute approximate surface area is 259 Å². The molecular weight excluding hydrogens is 546 g/mol. The van der Waals surface area contributed by atoms with Crippen LogP contribution in [0.2, 0.25) is 0 Å². The molecule has 8 heteroatoms. The molecule has 2 saturated heterocycles. The van der Waals surface area contributed by atoms with Gasteiger partial charge in [-0.1, -0.05) is 42.5 Å². The van der Waals surface area contributed by atoms with Gasteiger partial charge in [-0.05, 0) is 66.5 Å². The molecule has 7 rings (SSSR count). The van der Waals surface area contributed by atoms with Crippen LogP contribution >= 0.6 is 0 Å². The van der Waals surface area contributed by atoms with E-state index in [0.29, 0.717) is 5.56 Å². The van der Waals surface area contributed by atoms with Crippen LogP contribution in [0.3, 0.4) is 0 Å². The maximum Gasteiger partial charge on any atom is 0.255 e. The quantitative estimate of drug-likeness (QED) is 0.361. The minimum Gasteiger partial charge on any atom is -0.371 e. The minimum atomic E-state index is -0.128. The van der Waals surface area contributed by atoms with Crippen LogP contribution in [0.15, 0.2) is 72.4 Å². The summed E-state index contributed by atoms with van der Waals surface area (Å²) in [6, 6.07) is 22.5. The van der Waals surface area contributed by atoms with Crippen molar-refractivity contribution in [3.8, 4) is 0 Å². The average Bonchev–Trinajstić information content (AvgIpc) is 3.37. The molecular formula is C36H41N7O. The second kappa shape index (κ2) is 12.4. The average molecular weight is 588 g/mol. The zero-order chi connectivity index (χ0) is 30.0. The van der Waals surface area contributed by atoms with Crippen molar-refractivity contribution in [1.82, 2.24) is 29.6 Å². The number of aromatic amines is 1. The van der Waals surface area contributed by atoms with Gasteiger partial charge in [0.05, 0.1) is 11.0 Å². The van der Waals surface area contributed by atoms with E-state index >= 15 is 0 Å². The number of anilines is 1. The molecule has 0 saturated carbocycles. The van der Waals surface area contributed by atoms with Crippen molar-refractivity contribution in [2.75, 3.05) is 71.8 Å². The smallest absolute Gasteiger partial charge is 0.255 e. The topological polar surface area (TPSA) is 70.7 Å². The van der Waals surface area contributed by atoms with Gasteiger partial charge < -0.3 is 25.0 Å². The zero-order valence-electron chi connectivity index (χ0n) is 25.7. The number of allylic oxidation sites excluding steroid dienone is 2. The summed E-state index contributed by atoms with van der Waals surface area (Å²) in [5, 5.41) is 5.52. The van der Waals surface area contributed by atoms with Gasteiger partial charge in [-0.3, -0.25) is 9.69 Å². The first kappa shape index (κ1) is 28.5. The van der Waals surface area contributed by atoms with Crippen LogP contribution in [0.1, 0.15) is 28.2 Å². The van der Waals surface area contributed by atoms with Gasteiger partial charge in [-0.15, -0.1) is 0 Å². The Balaban J connectivity index is 1.12. The molecule has 1 aliphatic carbocycles. The highest BCUT2D eigenvalue weighted by atomic mass is 16.1. The lowest BCUT2D eigenvalue weighted by Gasteiger charge is -2.36. The third-order valence-electron chi connectivity index (χ3n) is 9.22. The minimum absolute atomic E-state index is 0.128. The largest absolute Gasteiger partial charge is 0.371 e. The molecule has 0 unspecified atom stereocenters. The van der Waals surface area contributed by atoms with E-state index in [1.807, 2.05) is 30.3 Å². The van der Waals surface area contributed by atoms with E-state index in [0.717, 1.165) is 93.4 Å². The molecule has 1 aromatic heterocycles. The molecule has 0 bridgehead atoms. The lowest BCUT2D eigenvalue weighted by molar-refractivity contribution is 0.102. The van der Waals surface area contributed by atoms with E-state index in [1.165, 1.54) is 21.7 Å². The van der Waals surface area contributed by atoms with Gasteiger partial charge in [0.15, 0.2) is 0 Å². The fourth-order valence-electron chi connectivity index (χ4n) is 6.40. The Hall–Kier alpha value is -4.24. The van der Waals surface area contributed by atoms with Crippen LogP contribution in [0.5, 0.6) is 0 Å². The fourth-order valence-corrected chi connectivity index (χ4v) is 6.40. The molecule has 3 aliphatic rings. The summed E-state index contributed by atoms with van der Waals surface area (Å²) < 4.78 is 0. The Morgan fingerprint density at radius 3 is 2.30 bits per heavy atom. The molecule has 8 nitrogen and oxygen atoms in total. The maximum absolute atomic E-state index is 13.3. The van der Waals surface area contributed by atoms with Crippen LogP contribution in [0, 0.1) is 0 Å². The van der Waals surface area contributed by atoms with Crippen molar-refractivity contribution >= 4 is 40.4 Å². The first-order valence-corrected chi connectivity index (χ1v) is 15.7.